The first-order valence-corrected chi connectivity index (χ1v) is 8.34. The van der Waals surface area contributed by atoms with Crippen LogP contribution in [0.15, 0.2) is 61.2 Å². The molecule has 0 bridgehead atoms. The number of esters is 1. The van der Waals surface area contributed by atoms with Crippen LogP contribution in [-0.4, -0.2) is 33.9 Å². The number of hydrogen-bond acceptors (Lipinski definition) is 6. The van der Waals surface area contributed by atoms with Gasteiger partial charge in [0, 0.05) is 5.69 Å². The fourth-order valence-electron chi connectivity index (χ4n) is 2.35. The molecule has 2 aromatic carbocycles. The van der Waals surface area contributed by atoms with Crippen molar-refractivity contribution in [2.75, 3.05) is 18.5 Å². The van der Waals surface area contributed by atoms with Gasteiger partial charge in [-0.2, -0.15) is 5.10 Å². The Labute approximate surface area is 151 Å². The lowest BCUT2D eigenvalue weighted by Crippen LogP contribution is -2.09. The molecular weight excluding hydrogens is 332 g/mol. The van der Waals surface area contributed by atoms with Gasteiger partial charge in [0.25, 0.3) is 0 Å². The minimum Gasteiger partial charge on any atom is -0.489 e. The summed E-state index contributed by atoms with van der Waals surface area (Å²) in [7, 11) is 0. The first-order valence-electron chi connectivity index (χ1n) is 8.34. The van der Waals surface area contributed by atoms with Gasteiger partial charge in [-0.15, -0.1) is 0 Å². The minimum absolute atomic E-state index is 0.323. The highest BCUT2D eigenvalue weighted by Crippen LogP contribution is 2.27. The molecule has 1 aromatic heterocycles. The van der Waals surface area contributed by atoms with E-state index in [0.29, 0.717) is 25.3 Å². The molecule has 0 aliphatic rings. The van der Waals surface area contributed by atoms with Crippen LogP contribution in [0.4, 0.5) is 11.4 Å². The third-order valence-electron chi connectivity index (χ3n) is 3.61. The number of ether oxygens (including phenoxy) is 2. The fourth-order valence-corrected chi connectivity index (χ4v) is 2.35. The summed E-state index contributed by atoms with van der Waals surface area (Å²) in [5, 5.41) is 7.35. The summed E-state index contributed by atoms with van der Waals surface area (Å²) in [5.41, 5.74) is 2.22. The number of carbonyl (C=O) groups excluding carboxylic acids is 1. The molecule has 0 aliphatic carbocycles. The van der Waals surface area contributed by atoms with Crippen LogP contribution >= 0.6 is 0 Å². The topological polar surface area (TPSA) is 78.3 Å². The summed E-state index contributed by atoms with van der Waals surface area (Å²) in [4.78, 5) is 15.6. The van der Waals surface area contributed by atoms with Crippen molar-refractivity contribution in [2.45, 2.75) is 13.5 Å². The number of nitrogens with zero attached hydrogens (tertiary/aromatic N) is 3. The van der Waals surface area contributed by atoms with E-state index < -0.39 is 0 Å². The molecule has 0 amide bonds. The van der Waals surface area contributed by atoms with Crippen LogP contribution in [0.3, 0.4) is 0 Å². The molecule has 0 aliphatic heterocycles. The third-order valence-corrected chi connectivity index (χ3v) is 3.61. The van der Waals surface area contributed by atoms with Crippen molar-refractivity contribution >= 4 is 17.3 Å². The molecule has 134 valence electrons. The predicted octanol–water partition coefficient (Wildman–Crippen LogP) is 3.28. The van der Waals surface area contributed by atoms with E-state index in [2.05, 4.69) is 15.4 Å². The van der Waals surface area contributed by atoms with Crippen molar-refractivity contribution in [3.8, 4) is 5.75 Å². The summed E-state index contributed by atoms with van der Waals surface area (Å²) < 4.78 is 12.6. The number of aromatic nitrogens is 3. The van der Waals surface area contributed by atoms with Crippen molar-refractivity contribution in [1.29, 1.82) is 0 Å². The van der Waals surface area contributed by atoms with Gasteiger partial charge in [0.05, 0.1) is 24.4 Å². The Morgan fingerprint density at radius 2 is 1.96 bits per heavy atom. The van der Waals surface area contributed by atoms with Crippen molar-refractivity contribution in [3.63, 3.8) is 0 Å². The molecule has 0 spiro atoms. The monoisotopic (exact) mass is 352 g/mol. The van der Waals surface area contributed by atoms with Gasteiger partial charge in [-0.25, -0.2) is 14.5 Å². The summed E-state index contributed by atoms with van der Waals surface area (Å²) in [6.07, 6.45) is 3.15. The molecule has 1 N–H and O–H groups in total. The Morgan fingerprint density at radius 3 is 2.69 bits per heavy atom. The first kappa shape index (κ1) is 17.5. The molecule has 0 unspecified atom stereocenters. The van der Waals surface area contributed by atoms with Crippen LogP contribution < -0.4 is 10.1 Å². The molecule has 1 heterocycles. The average molecular weight is 352 g/mol. The largest absolute Gasteiger partial charge is 0.489 e. The van der Waals surface area contributed by atoms with Crippen LogP contribution in [0.25, 0.3) is 0 Å². The maximum Gasteiger partial charge on any atom is 0.338 e. The Morgan fingerprint density at radius 1 is 1.15 bits per heavy atom. The number of anilines is 2. The highest BCUT2D eigenvalue weighted by atomic mass is 16.5. The normalized spacial score (nSPS) is 10.3. The lowest BCUT2D eigenvalue weighted by molar-refractivity contribution is 0.0526. The maximum atomic E-state index is 11.7. The number of para-hydroxylation sites is 2. The zero-order valence-corrected chi connectivity index (χ0v) is 14.5. The van der Waals surface area contributed by atoms with Crippen LogP contribution in [0, 0.1) is 0 Å². The first-order chi connectivity index (χ1) is 12.8. The SMILES string of the molecule is CCOC(=O)c1ccc(Nc2ccccc2OCCn2cncn2)cc1. The van der Waals surface area contributed by atoms with E-state index in [4.69, 9.17) is 9.47 Å². The second-order valence-corrected chi connectivity index (χ2v) is 5.43. The van der Waals surface area contributed by atoms with Gasteiger partial charge in [-0.1, -0.05) is 12.1 Å². The Hall–Kier alpha value is -3.35. The van der Waals surface area contributed by atoms with E-state index in [1.807, 2.05) is 36.4 Å². The zero-order chi connectivity index (χ0) is 18.2. The van der Waals surface area contributed by atoms with Gasteiger partial charge in [-0.05, 0) is 43.3 Å². The maximum absolute atomic E-state index is 11.7. The van der Waals surface area contributed by atoms with E-state index >= 15 is 0 Å². The summed E-state index contributed by atoms with van der Waals surface area (Å²) in [6, 6.07) is 14.8. The van der Waals surface area contributed by atoms with E-state index in [1.54, 1.807) is 30.1 Å². The lowest BCUT2D eigenvalue weighted by atomic mass is 10.2. The molecule has 0 saturated carbocycles. The molecule has 26 heavy (non-hydrogen) atoms. The fraction of sp³-hybridized carbons (Fsp3) is 0.211. The van der Waals surface area contributed by atoms with E-state index in [-0.39, 0.29) is 5.97 Å². The number of hydrogen-bond donors (Lipinski definition) is 1. The molecule has 0 radical (unpaired) electrons. The van der Waals surface area contributed by atoms with Crippen molar-refractivity contribution in [1.82, 2.24) is 14.8 Å². The number of carbonyl (C=O) groups is 1. The quantitative estimate of drug-likeness (QED) is 0.627. The molecule has 0 atom stereocenters. The molecule has 7 nitrogen and oxygen atoms in total. The summed E-state index contributed by atoms with van der Waals surface area (Å²) in [5.74, 6) is 0.415. The second-order valence-electron chi connectivity index (χ2n) is 5.43. The Bertz CT molecular complexity index is 832. The van der Waals surface area contributed by atoms with Gasteiger partial charge >= 0.3 is 5.97 Å². The Balaban J connectivity index is 1.63. The van der Waals surface area contributed by atoms with Gasteiger partial charge < -0.3 is 14.8 Å². The summed E-state index contributed by atoms with van der Waals surface area (Å²) >= 11 is 0. The molecule has 3 aromatic rings. The Kier molecular flexibility index (Phi) is 5.82. The van der Waals surface area contributed by atoms with Crippen LogP contribution in [0.5, 0.6) is 5.75 Å². The highest BCUT2D eigenvalue weighted by Gasteiger charge is 2.07. The van der Waals surface area contributed by atoms with Crippen LogP contribution in [0.1, 0.15) is 17.3 Å². The summed E-state index contributed by atoms with van der Waals surface area (Å²) in [6.45, 7) is 3.23. The average Bonchev–Trinajstić information content (AvgIpc) is 3.17. The second kappa shape index (κ2) is 8.66. The van der Waals surface area contributed by atoms with Gasteiger partial charge in [0.15, 0.2) is 0 Å². The predicted molar refractivity (Wildman–Crippen MR) is 97.6 cm³/mol. The van der Waals surface area contributed by atoms with Crippen molar-refractivity contribution in [3.05, 3.63) is 66.7 Å². The minimum atomic E-state index is -0.323. The molecule has 0 fully saturated rings. The zero-order valence-electron chi connectivity index (χ0n) is 14.5. The van der Waals surface area contributed by atoms with Crippen LogP contribution in [-0.2, 0) is 11.3 Å². The van der Waals surface area contributed by atoms with Crippen LogP contribution in [0.2, 0.25) is 0 Å². The number of nitrogens with one attached hydrogen (secondary N) is 1. The molecule has 0 saturated heterocycles. The van der Waals surface area contributed by atoms with E-state index in [9.17, 15) is 4.79 Å². The number of benzene rings is 2. The van der Waals surface area contributed by atoms with E-state index in [1.165, 1.54) is 6.33 Å². The van der Waals surface area contributed by atoms with Gasteiger partial charge in [0.1, 0.15) is 25.0 Å². The smallest absolute Gasteiger partial charge is 0.338 e. The highest BCUT2D eigenvalue weighted by molar-refractivity contribution is 5.90. The molecular formula is C19H20N4O3. The van der Waals surface area contributed by atoms with Gasteiger partial charge in [0.2, 0.25) is 0 Å². The molecule has 3 rings (SSSR count). The molecule has 7 heteroatoms. The van der Waals surface area contributed by atoms with Crippen molar-refractivity contribution < 1.29 is 14.3 Å². The van der Waals surface area contributed by atoms with Gasteiger partial charge in [-0.3, -0.25) is 0 Å². The van der Waals surface area contributed by atoms with Crippen molar-refractivity contribution in [2.24, 2.45) is 0 Å². The third kappa shape index (κ3) is 4.60. The number of rotatable bonds is 8. The standard InChI is InChI=1S/C19H20N4O3/c1-2-25-19(24)15-7-9-16(10-8-15)22-17-5-3-4-6-18(17)26-12-11-23-14-20-13-21-23/h3-10,13-14,22H,2,11-12H2,1H3. The lowest BCUT2D eigenvalue weighted by Gasteiger charge is -2.13. The van der Waals surface area contributed by atoms with E-state index in [0.717, 1.165) is 17.1 Å².